The van der Waals surface area contributed by atoms with Crippen LogP contribution in [0.2, 0.25) is 0 Å². The van der Waals surface area contributed by atoms with Crippen LogP contribution in [0.3, 0.4) is 0 Å². The number of hydrogen-bond donors (Lipinski definition) is 7. The van der Waals surface area contributed by atoms with Crippen LogP contribution < -0.4 is 32.3 Å². The highest BCUT2D eigenvalue weighted by Gasteiger charge is 2.30. The maximum absolute atomic E-state index is 13.5. The normalized spacial score (nSPS) is 14.3. The Morgan fingerprint density at radius 3 is 2.17 bits per heavy atom. The van der Waals surface area contributed by atoms with Crippen LogP contribution in [0.1, 0.15) is 102 Å². The molecule has 1 rings (SSSR count). The van der Waals surface area contributed by atoms with E-state index in [4.69, 9.17) is 10.8 Å². The molecule has 1 aromatic carbocycles. The van der Waals surface area contributed by atoms with Crippen molar-refractivity contribution in [3.8, 4) is 0 Å². The minimum absolute atomic E-state index is 0.0196. The Bertz CT molecular complexity index is 1170. The summed E-state index contributed by atoms with van der Waals surface area (Å²) in [7, 11) is 0. The lowest BCUT2D eigenvalue weighted by Crippen LogP contribution is -2.57. The van der Waals surface area contributed by atoms with Crippen molar-refractivity contribution in [3.05, 3.63) is 35.4 Å². The number of benzene rings is 1. The topological polar surface area (TPSA) is 209 Å². The predicted octanol–water partition coefficient (Wildman–Crippen LogP) is 1.98. The lowest BCUT2D eigenvalue weighted by Gasteiger charge is -2.28. The van der Waals surface area contributed by atoms with Crippen LogP contribution in [-0.4, -0.2) is 71.3 Å². The molecule has 0 bridgehead atoms. The van der Waals surface area contributed by atoms with Crippen LogP contribution in [0, 0.1) is 11.8 Å². The third-order valence-corrected chi connectivity index (χ3v) is 7.66. The van der Waals surface area contributed by atoms with Gasteiger partial charge in [0.15, 0.2) is 0 Å². The minimum atomic E-state index is -0.995. The van der Waals surface area contributed by atoms with Crippen molar-refractivity contribution in [2.45, 2.75) is 117 Å². The predicted molar refractivity (Wildman–Crippen MR) is 175 cm³/mol. The summed E-state index contributed by atoms with van der Waals surface area (Å²) in [6.07, 6.45) is 2.24. The van der Waals surface area contributed by atoms with Gasteiger partial charge in [0.2, 0.25) is 29.5 Å². The van der Waals surface area contributed by atoms with E-state index < -0.39 is 41.8 Å². The standard InChI is InChI=1S/C33H54N6O7/c1-7-11-26(38-33(46)29(21(5)8-2)39-27(40)14-10-15-28(41)42)32(45)37-25(16-20(3)4)19-35-22(6)31(44)36-18-23-12-9-13-24(17-23)30(34)43/h9,12-13,17,20-22,25-26,29,35H,7-8,10-11,14-16,18-19H2,1-6H3,(H2,34,43)(H,36,44)(H,37,45)(H,38,46)(H,39,40)(H,41,42)/t21-,22+,25+,26+,29+/m1/s1. The number of carbonyl (C=O) groups is 6. The Morgan fingerprint density at radius 1 is 0.891 bits per heavy atom. The molecule has 0 saturated heterocycles. The van der Waals surface area contributed by atoms with E-state index in [1.807, 2.05) is 34.6 Å². The lowest BCUT2D eigenvalue weighted by molar-refractivity contribution is -0.137. The van der Waals surface area contributed by atoms with E-state index in [1.165, 1.54) is 0 Å². The summed E-state index contributed by atoms with van der Waals surface area (Å²) in [6, 6.07) is 4.10. The first kappa shape index (κ1) is 40.0. The van der Waals surface area contributed by atoms with Gasteiger partial charge in [-0.3, -0.25) is 28.8 Å². The Morgan fingerprint density at radius 2 is 1.59 bits per heavy atom. The Balaban J connectivity index is 2.84. The molecule has 0 unspecified atom stereocenters. The molecule has 0 fully saturated rings. The zero-order valence-electron chi connectivity index (χ0n) is 28.1. The summed E-state index contributed by atoms with van der Waals surface area (Å²) >= 11 is 0. The van der Waals surface area contributed by atoms with Crippen molar-refractivity contribution >= 4 is 35.5 Å². The highest BCUT2D eigenvalue weighted by molar-refractivity contribution is 5.93. The number of nitrogens with one attached hydrogen (secondary N) is 5. The second kappa shape index (κ2) is 20.9. The molecule has 0 aliphatic heterocycles. The van der Waals surface area contributed by atoms with E-state index in [-0.39, 0.29) is 55.5 Å². The van der Waals surface area contributed by atoms with Crippen molar-refractivity contribution in [1.29, 1.82) is 0 Å². The smallest absolute Gasteiger partial charge is 0.303 e. The molecule has 5 atom stereocenters. The number of hydrogen-bond acceptors (Lipinski definition) is 7. The molecule has 13 heteroatoms. The number of primary amides is 1. The summed E-state index contributed by atoms with van der Waals surface area (Å²) in [4.78, 5) is 74.2. The van der Waals surface area contributed by atoms with Crippen LogP contribution in [0.25, 0.3) is 0 Å². The van der Waals surface area contributed by atoms with Gasteiger partial charge in [-0.1, -0.05) is 59.6 Å². The van der Waals surface area contributed by atoms with E-state index in [9.17, 15) is 28.8 Å². The lowest BCUT2D eigenvalue weighted by atomic mass is 9.97. The van der Waals surface area contributed by atoms with Gasteiger partial charge in [0, 0.05) is 37.5 Å². The maximum atomic E-state index is 13.5. The van der Waals surface area contributed by atoms with Crippen LogP contribution in [0.5, 0.6) is 0 Å². The molecule has 0 heterocycles. The second-order valence-corrected chi connectivity index (χ2v) is 12.3. The van der Waals surface area contributed by atoms with Crippen molar-refractivity contribution < 1.29 is 33.9 Å². The van der Waals surface area contributed by atoms with Gasteiger partial charge in [-0.25, -0.2) is 0 Å². The first-order valence-corrected chi connectivity index (χ1v) is 16.2. The molecule has 0 saturated carbocycles. The SMILES string of the molecule is CCC[C@H](NC(=O)[C@@H](NC(=O)CCCC(=O)O)[C@H](C)CC)C(=O)N[C@H](CN[C@@H](C)C(=O)NCc1cccc(C(N)=O)c1)CC(C)C. The van der Waals surface area contributed by atoms with Gasteiger partial charge >= 0.3 is 5.97 Å². The maximum Gasteiger partial charge on any atom is 0.303 e. The average molecular weight is 647 g/mol. The van der Waals surface area contributed by atoms with Gasteiger partial charge in [0.25, 0.3) is 0 Å². The summed E-state index contributed by atoms with van der Waals surface area (Å²) in [5.41, 5.74) is 6.43. The number of carboxylic acids is 1. The molecule has 0 aliphatic carbocycles. The average Bonchev–Trinajstić information content (AvgIpc) is 2.99. The second-order valence-electron chi connectivity index (χ2n) is 12.3. The fourth-order valence-electron chi connectivity index (χ4n) is 4.82. The van der Waals surface area contributed by atoms with Crippen molar-refractivity contribution in [2.75, 3.05) is 6.54 Å². The number of rotatable bonds is 22. The van der Waals surface area contributed by atoms with Gasteiger partial charge in [-0.2, -0.15) is 0 Å². The molecule has 0 aromatic heterocycles. The molecule has 0 spiro atoms. The third kappa shape index (κ3) is 15.3. The van der Waals surface area contributed by atoms with Gasteiger partial charge in [-0.05, 0) is 55.7 Å². The molecule has 0 radical (unpaired) electrons. The highest BCUT2D eigenvalue weighted by atomic mass is 16.4. The van der Waals surface area contributed by atoms with Crippen LogP contribution >= 0.6 is 0 Å². The number of amides is 5. The van der Waals surface area contributed by atoms with Crippen molar-refractivity contribution in [1.82, 2.24) is 26.6 Å². The van der Waals surface area contributed by atoms with Gasteiger partial charge < -0.3 is 37.4 Å². The van der Waals surface area contributed by atoms with E-state index in [2.05, 4.69) is 26.6 Å². The number of nitrogens with two attached hydrogens (primary N) is 1. The van der Waals surface area contributed by atoms with Crippen LogP contribution in [0.4, 0.5) is 0 Å². The first-order valence-electron chi connectivity index (χ1n) is 16.2. The molecule has 258 valence electrons. The van der Waals surface area contributed by atoms with Crippen LogP contribution in [-0.2, 0) is 30.5 Å². The molecular formula is C33H54N6O7. The number of carboxylic acid groups (broad SMARTS) is 1. The summed E-state index contributed by atoms with van der Waals surface area (Å²) < 4.78 is 0. The monoisotopic (exact) mass is 646 g/mol. The van der Waals surface area contributed by atoms with E-state index >= 15 is 0 Å². The fraction of sp³-hybridized carbons (Fsp3) is 0.636. The molecule has 1 aromatic rings. The zero-order valence-corrected chi connectivity index (χ0v) is 28.1. The minimum Gasteiger partial charge on any atom is -0.481 e. The number of aliphatic carboxylic acids is 1. The zero-order chi connectivity index (χ0) is 34.8. The molecular weight excluding hydrogens is 592 g/mol. The Hall–Kier alpha value is -4.00. The first-order chi connectivity index (χ1) is 21.7. The Labute approximate surface area is 272 Å². The molecule has 5 amide bonds. The summed E-state index contributed by atoms with van der Waals surface area (Å²) in [5.74, 6) is -3.02. The third-order valence-electron chi connectivity index (χ3n) is 7.66. The summed E-state index contributed by atoms with van der Waals surface area (Å²) in [6.45, 7) is 11.9. The summed E-state index contributed by atoms with van der Waals surface area (Å²) in [5, 5.41) is 23.4. The quantitative estimate of drug-likeness (QED) is 0.0988. The molecule has 0 aliphatic rings. The molecule has 46 heavy (non-hydrogen) atoms. The van der Waals surface area contributed by atoms with E-state index in [0.717, 1.165) is 5.56 Å². The largest absolute Gasteiger partial charge is 0.481 e. The molecule has 8 N–H and O–H groups in total. The van der Waals surface area contributed by atoms with Gasteiger partial charge in [-0.15, -0.1) is 0 Å². The fourth-order valence-corrected chi connectivity index (χ4v) is 4.82. The van der Waals surface area contributed by atoms with E-state index in [0.29, 0.717) is 37.8 Å². The van der Waals surface area contributed by atoms with Gasteiger partial charge in [0.1, 0.15) is 12.1 Å². The van der Waals surface area contributed by atoms with Crippen LogP contribution in [0.15, 0.2) is 24.3 Å². The Kier molecular flexibility index (Phi) is 18.2. The van der Waals surface area contributed by atoms with Crippen molar-refractivity contribution in [3.63, 3.8) is 0 Å². The van der Waals surface area contributed by atoms with Crippen molar-refractivity contribution in [2.24, 2.45) is 17.6 Å². The molecule has 13 nitrogen and oxygen atoms in total. The van der Waals surface area contributed by atoms with Gasteiger partial charge in [0.05, 0.1) is 6.04 Å². The number of carbonyl (C=O) groups excluding carboxylic acids is 5. The highest BCUT2D eigenvalue weighted by Crippen LogP contribution is 2.12. The van der Waals surface area contributed by atoms with E-state index in [1.54, 1.807) is 31.2 Å².